The largest absolute Gasteiger partial charge is 0.389 e. The monoisotopic (exact) mass is 350 g/mol. The number of aromatic amines is 1. The maximum Gasteiger partial charge on any atom is 0.220 e. The van der Waals surface area contributed by atoms with E-state index >= 15 is 0 Å². The first-order valence-corrected chi connectivity index (χ1v) is 9.36. The maximum absolute atomic E-state index is 12.4. The van der Waals surface area contributed by atoms with Crippen molar-refractivity contribution in [1.29, 1.82) is 0 Å². The first-order valence-electron chi connectivity index (χ1n) is 9.36. The average Bonchev–Trinajstić information content (AvgIpc) is 2.94. The highest BCUT2D eigenvalue weighted by Gasteiger charge is 2.36. The van der Waals surface area contributed by atoms with Crippen LogP contribution in [0.5, 0.6) is 0 Å². The number of morpholine rings is 1. The molecule has 1 aliphatic carbocycles. The smallest absolute Gasteiger partial charge is 0.220 e. The highest BCUT2D eigenvalue weighted by molar-refractivity contribution is 5.76. The van der Waals surface area contributed by atoms with Gasteiger partial charge in [0, 0.05) is 31.2 Å². The SMILES string of the molecule is Cc1n[nH]c(C)c1CCC(=O)N[C@@H]1CCC[C@@H](N2CCOCC2)[C@@H]1O. The highest BCUT2D eigenvalue weighted by Crippen LogP contribution is 2.25. The molecule has 1 aliphatic heterocycles. The lowest BCUT2D eigenvalue weighted by atomic mass is 9.86. The Hall–Kier alpha value is -1.44. The third-order valence-corrected chi connectivity index (χ3v) is 5.57. The van der Waals surface area contributed by atoms with Gasteiger partial charge in [-0.25, -0.2) is 0 Å². The molecule has 0 radical (unpaired) electrons. The van der Waals surface area contributed by atoms with Crippen LogP contribution in [0.25, 0.3) is 0 Å². The van der Waals surface area contributed by atoms with Gasteiger partial charge in [-0.05, 0) is 45.1 Å². The number of aromatic nitrogens is 2. The highest BCUT2D eigenvalue weighted by atomic mass is 16.5. The molecule has 7 heteroatoms. The van der Waals surface area contributed by atoms with Crippen LogP contribution in [0, 0.1) is 13.8 Å². The molecule has 1 saturated carbocycles. The Morgan fingerprint density at radius 2 is 2.12 bits per heavy atom. The molecule has 0 bridgehead atoms. The molecule has 1 aromatic rings. The Bertz CT molecular complexity index is 563. The van der Waals surface area contributed by atoms with Gasteiger partial charge in [-0.15, -0.1) is 0 Å². The van der Waals surface area contributed by atoms with Crippen molar-refractivity contribution in [2.45, 2.75) is 64.1 Å². The number of aliphatic hydroxyl groups excluding tert-OH is 1. The Morgan fingerprint density at radius 1 is 1.36 bits per heavy atom. The number of hydrogen-bond acceptors (Lipinski definition) is 5. The van der Waals surface area contributed by atoms with E-state index in [2.05, 4.69) is 20.4 Å². The van der Waals surface area contributed by atoms with E-state index in [0.29, 0.717) is 12.8 Å². The van der Waals surface area contributed by atoms with Crippen molar-refractivity contribution in [2.75, 3.05) is 26.3 Å². The molecule has 1 amide bonds. The zero-order chi connectivity index (χ0) is 17.8. The topological polar surface area (TPSA) is 90.5 Å². The van der Waals surface area contributed by atoms with Crippen LogP contribution >= 0.6 is 0 Å². The minimum absolute atomic E-state index is 0.00618. The fourth-order valence-corrected chi connectivity index (χ4v) is 4.08. The van der Waals surface area contributed by atoms with Crippen molar-refractivity contribution in [3.63, 3.8) is 0 Å². The maximum atomic E-state index is 12.4. The number of H-pyrrole nitrogens is 1. The van der Waals surface area contributed by atoms with Gasteiger partial charge < -0.3 is 15.2 Å². The van der Waals surface area contributed by atoms with Crippen LogP contribution in [0.2, 0.25) is 0 Å². The van der Waals surface area contributed by atoms with Crippen LogP contribution in [0.4, 0.5) is 0 Å². The predicted molar refractivity (Wildman–Crippen MR) is 94.4 cm³/mol. The number of hydrogen-bond donors (Lipinski definition) is 3. The molecule has 2 aliphatic rings. The molecule has 2 fully saturated rings. The first-order chi connectivity index (χ1) is 12.1. The number of aliphatic hydroxyl groups is 1. The molecule has 0 spiro atoms. The number of carbonyl (C=O) groups is 1. The van der Waals surface area contributed by atoms with Gasteiger partial charge in [0.2, 0.25) is 5.91 Å². The number of ether oxygens (including phenoxy) is 1. The molecule has 140 valence electrons. The zero-order valence-corrected chi connectivity index (χ0v) is 15.3. The van der Waals surface area contributed by atoms with E-state index in [0.717, 1.165) is 62.5 Å². The number of aryl methyl sites for hydroxylation is 2. The standard InChI is InChI=1S/C18H30N4O3/c1-12-14(13(2)21-20-12)6-7-17(23)19-15-4-3-5-16(18(15)24)22-8-10-25-11-9-22/h15-16,18,24H,3-11H2,1-2H3,(H,19,23)(H,20,21)/t15-,16-,18-/m1/s1. The molecule has 3 atom stereocenters. The summed E-state index contributed by atoms with van der Waals surface area (Å²) in [5.74, 6) is 0.00618. The van der Waals surface area contributed by atoms with Gasteiger partial charge in [-0.3, -0.25) is 14.8 Å². The van der Waals surface area contributed by atoms with Crippen LogP contribution in [0.15, 0.2) is 0 Å². The fourth-order valence-electron chi connectivity index (χ4n) is 4.08. The van der Waals surface area contributed by atoms with Crippen LogP contribution < -0.4 is 5.32 Å². The number of nitrogens with zero attached hydrogens (tertiary/aromatic N) is 2. The molecule has 3 N–H and O–H groups in total. The molecular weight excluding hydrogens is 320 g/mol. The van der Waals surface area contributed by atoms with E-state index in [9.17, 15) is 9.90 Å². The zero-order valence-electron chi connectivity index (χ0n) is 15.3. The van der Waals surface area contributed by atoms with E-state index in [-0.39, 0.29) is 18.0 Å². The summed E-state index contributed by atoms with van der Waals surface area (Å²) in [6.07, 6.45) is 3.46. The Balaban J connectivity index is 1.51. The Kier molecular flexibility index (Phi) is 6.09. The van der Waals surface area contributed by atoms with E-state index < -0.39 is 6.10 Å². The minimum Gasteiger partial charge on any atom is -0.389 e. The predicted octanol–water partition coefficient (Wildman–Crippen LogP) is 0.690. The summed E-state index contributed by atoms with van der Waals surface area (Å²) >= 11 is 0. The lowest BCUT2D eigenvalue weighted by Gasteiger charge is -2.43. The number of nitrogens with one attached hydrogen (secondary N) is 2. The molecule has 25 heavy (non-hydrogen) atoms. The van der Waals surface area contributed by atoms with Crippen LogP contribution in [0.3, 0.4) is 0 Å². The number of rotatable bonds is 5. The molecule has 2 heterocycles. The molecule has 7 nitrogen and oxygen atoms in total. The van der Waals surface area contributed by atoms with Crippen LogP contribution in [0.1, 0.15) is 42.6 Å². The first kappa shape index (κ1) is 18.4. The quantitative estimate of drug-likeness (QED) is 0.727. The second kappa shape index (κ2) is 8.29. The summed E-state index contributed by atoms with van der Waals surface area (Å²) in [4.78, 5) is 14.7. The Morgan fingerprint density at radius 3 is 2.80 bits per heavy atom. The van der Waals surface area contributed by atoms with Gasteiger partial charge >= 0.3 is 0 Å². The van der Waals surface area contributed by atoms with Crippen molar-refractivity contribution in [2.24, 2.45) is 0 Å². The average molecular weight is 350 g/mol. The summed E-state index contributed by atoms with van der Waals surface area (Å²) in [6.45, 7) is 7.11. The van der Waals surface area contributed by atoms with Crippen molar-refractivity contribution in [1.82, 2.24) is 20.4 Å². The number of carbonyl (C=O) groups excluding carboxylic acids is 1. The third-order valence-electron chi connectivity index (χ3n) is 5.57. The fraction of sp³-hybridized carbons (Fsp3) is 0.778. The van der Waals surface area contributed by atoms with Crippen molar-refractivity contribution in [3.8, 4) is 0 Å². The van der Waals surface area contributed by atoms with E-state index in [1.54, 1.807) is 0 Å². The Labute approximate surface area is 149 Å². The van der Waals surface area contributed by atoms with Gasteiger partial charge in [0.25, 0.3) is 0 Å². The summed E-state index contributed by atoms with van der Waals surface area (Å²) in [5, 5.41) is 20.9. The summed E-state index contributed by atoms with van der Waals surface area (Å²) in [6, 6.07) is -0.0260. The minimum atomic E-state index is -0.506. The summed E-state index contributed by atoms with van der Waals surface area (Å²) in [7, 11) is 0. The van der Waals surface area contributed by atoms with E-state index in [1.807, 2.05) is 13.8 Å². The normalized spacial score (nSPS) is 28.0. The molecule has 1 aromatic heterocycles. The lowest BCUT2D eigenvalue weighted by molar-refractivity contribution is -0.124. The third kappa shape index (κ3) is 4.40. The van der Waals surface area contributed by atoms with E-state index in [4.69, 9.17) is 4.74 Å². The van der Waals surface area contributed by atoms with Crippen LogP contribution in [-0.4, -0.2) is 70.6 Å². The van der Waals surface area contributed by atoms with Gasteiger partial charge in [-0.2, -0.15) is 5.10 Å². The molecular formula is C18H30N4O3. The molecule has 1 saturated heterocycles. The number of amides is 1. The van der Waals surface area contributed by atoms with Crippen molar-refractivity contribution >= 4 is 5.91 Å². The molecule has 3 rings (SSSR count). The van der Waals surface area contributed by atoms with Crippen molar-refractivity contribution < 1.29 is 14.6 Å². The van der Waals surface area contributed by atoms with Crippen molar-refractivity contribution in [3.05, 3.63) is 17.0 Å². The van der Waals surface area contributed by atoms with E-state index in [1.165, 1.54) is 0 Å². The van der Waals surface area contributed by atoms with Gasteiger partial charge in [0.05, 0.1) is 31.1 Å². The van der Waals surface area contributed by atoms with Gasteiger partial charge in [0.15, 0.2) is 0 Å². The second-order valence-corrected chi connectivity index (χ2v) is 7.22. The lowest BCUT2D eigenvalue weighted by Crippen LogP contribution is -2.58. The molecule has 0 aromatic carbocycles. The summed E-state index contributed by atoms with van der Waals surface area (Å²) in [5.41, 5.74) is 3.09. The second-order valence-electron chi connectivity index (χ2n) is 7.22. The van der Waals surface area contributed by atoms with Gasteiger partial charge in [-0.1, -0.05) is 0 Å². The molecule has 0 unspecified atom stereocenters. The summed E-state index contributed by atoms with van der Waals surface area (Å²) < 4.78 is 5.40. The van der Waals surface area contributed by atoms with Gasteiger partial charge in [0.1, 0.15) is 0 Å². The van der Waals surface area contributed by atoms with Crippen LogP contribution in [-0.2, 0) is 16.0 Å².